The van der Waals surface area contributed by atoms with E-state index in [0.717, 1.165) is 32.7 Å². The molecule has 0 aliphatic heterocycles. The molecule has 0 spiro atoms. The predicted octanol–water partition coefficient (Wildman–Crippen LogP) is 6.80. The smallest absolute Gasteiger partial charge is 0.465 e. The van der Waals surface area contributed by atoms with Crippen molar-refractivity contribution in [1.82, 2.24) is 0 Å². The highest BCUT2D eigenvalue weighted by Gasteiger charge is 2.27. The number of carbonyl (C=O) groups is 1. The number of hydrogen-bond donors (Lipinski definition) is 0. The van der Waals surface area contributed by atoms with Crippen molar-refractivity contribution in [1.29, 1.82) is 0 Å². The van der Waals surface area contributed by atoms with Crippen LogP contribution in [0.15, 0.2) is 52.9 Å². The maximum Gasteiger partial charge on any atom is 0.474 e. The van der Waals surface area contributed by atoms with Gasteiger partial charge in [0.1, 0.15) is 5.82 Å². The van der Waals surface area contributed by atoms with Gasteiger partial charge < -0.3 is 4.74 Å². The Morgan fingerprint density at radius 2 is 1.63 bits per heavy atom. The van der Waals surface area contributed by atoms with Gasteiger partial charge in [0.05, 0.1) is 32.8 Å². The fourth-order valence-corrected chi connectivity index (χ4v) is 5.82. The number of phosphoric ester groups is 1. The van der Waals surface area contributed by atoms with Crippen molar-refractivity contribution in [2.45, 2.75) is 44.9 Å². The number of esters is 1. The number of unbranched alkanes of at least 4 members (excludes halogenated alkanes) is 1. The maximum absolute atomic E-state index is 14.1. The Morgan fingerprint density at radius 1 is 0.974 bits per heavy atom. The van der Waals surface area contributed by atoms with E-state index in [0.29, 0.717) is 18.4 Å². The first-order valence-corrected chi connectivity index (χ1v) is 15.5. The topological polar surface area (TPSA) is 88.1 Å². The lowest BCUT2D eigenvalue weighted by Crippen LogP contribution is -2.08. The third-order valence-corrected chi connectivity index (χ3v) is 8.51. The van der Waals surface area contributed by atoms with E-state index in [9.17, 15) is 18.0 Å². The van der Waals surface area contributed by atoms with Crippen LogP contribution in [-0.4, -0.2) is 42.9 Å². The summed E-state index contributed by atoms with van der Waals surface area (Å²) in [6.45, 7) is 6.06. The molecule has 7 nitrogen and oxygen atoms in total. The summed E-state index contributed by atoms with van der Waals surface area (Å²) < 4.78 is 58.9. The average Bonchev–Trinajstić information content (AvgIpc) is 3.12. The quantitative estimate of drug-likeness (QED) is 0.142. The molecule has 1 atom stereocenters. The van der Waals surface area contributed by atoms with Crippen LogP contribution >= 0.6 is 7.82 Å². The van der Waals surface area contributed by atoms with Crippen molar-refractivity contribution in [2.24, 2.45) is 0 Å². The molecule has 1 aliphatic rings. The normalized spacial score (nSPS) is 15.1. The first-order valence-electron chi connectivity index (χ1n) is 12.5. The van der Waals surface area contributed by atoms with Gasteiger partial charge in [0.2, 0.25) is 0 Å². The summed E-state index contributed by atoms with van der Waals surface area (Å²) in [5, 5.41) is 0. The first kappa shape index (κ1) is 30.1. The van der Waals surface area contributed by atoms with E-state index in [2.05, 4.69) is 0 Å². The third kappa shape index (κ3) is 8.04. The molecule has 2 aromatic carbocycles. The van der Waals surface area contributed by atoms with Gasteiger partial charge in [-0.2, -0.15) is 0 Å². The lowest BCUT2D eigenvalue weighted by Gasteiger charge is -2.16. The zero-order chi connectivity index (χ0) is 27.7. The highest BCUT2D eigenvalue weighted by Crippen LogP contribution is 2.49. The Labute approximate surface area is 226 Å². The van der Waals surface area contributed by atoms with Crippen molar-refractivity contribution in [2.75, 3.05) is 32.7 Å². The number of ether oxygens (including phenoxy) is 1. The van der Waals surface area contributed by atoms with Gasteiger partial charge in [-0.05, 0) is 97.4 Å². The number of rotatable bonds is 14. The van der Waals surface area contributed by atoms with Gasteiger partial charge >= 0.3 is 13.8 Å². The molecule has 0 saturated carbocycles. The largest absolute Gasteiger partial charge is 0.474 e. The van der Waals surface area contributed by atoms with E-state index >= 15 is 0 Å². The van der Waals surface area contributed by atoms with Gasteiger partial charge in [0.25, 0.3) is 0 Å². The zero-order valence-electron chi connectivity index (χ0n) is 22.2. The Bertz CT molecular complexity index is 1260. The molecule has 0 bridgehead atoms. The SMILES string of the molecule is CCOP(=O)(OCC)OCCCCOC(=O)CC1=C(C)/C(=C/c2ccc([S@@](C)=O)cc2)c2ccc(F)cc21. The third-order valence-electron chi connectivity index (χ3n) is 5.92. The highest BCUT2D eigenvalue weighted by atomic mass is 32.2. The minimum absolute atomic E-state index is 0.00770. The predicted molar refractivity (Wildman–Crippen MR) is 147 cm³/mol. The summed E-state index contributed by atoms with van der Waals surface area (Å²) in [4.78, 5) is 13.4. The number of hydrogen-bond acceptors (Lipinski definition) is 7. The summed E-state index contributed by atoms with van der Waals surface area (Å²) in [6, 6.07) is 12.0. The van der Waals surface area contributed by atoms with E-state index in [4.69, 9.17) is 18.3 Å². The van der Waals surface area contributed by atoms with E-state index in [-0.39, 0.29) is 38.7 Å². The number of benzene rings is 2. The Hall–Kier alpha value is -2.42. The Kier molecular flexibility index (Phi) is 11.2. The van der Waals surface area contributed by atoms with E-state index in [1.54, 1.807) is 26.2 Å². The van der Waals surface area contributed by atoms with E-state index in [1.807, 2.05) is 37.3 Å². The van der Waals surface area contributed by atoms with Crippen LogP contribution in [0.2, 0.25) is 0 Å². The number of phosphoric acid groups is 1. The number of fused-ring (bicyclic) bond motifs is 1. The second kappa shape index (κ2) is 14.1. The molecule has 206 valence electrons. The summed E-state index contributed by atoms with van der Waals surface area (Å²) in [5.74, 6) is -0.796. The van der Waals surface area contributed by atoms with Crippen molar-refractivity contribution in [3.63, 3.8) is 0 Å². The monoisotopic (exact) mass is 564 g/mol. The highest BCUT2D eigenvalue weighted by molar-refractivity contribution is 7.84. The maximum atomic E-state index is 14.1. The van der Waals surface area contributed by atoms with Crippen LogP contribution in [0.3, 0.4) is 0 Å². The molecule has 0 radical (unpaired) electrons. The van der Waals surface area contributed by atoms with Gasteiger partial charge in [0.15, 0.2) is 0 Å². The van der Waals surface area contributed by atoms with Crippen LogP contribution in [0.1, 0.15) is 56.7 Å². The van der Waals surface area contributed by atoms with Crippen LogP contribution in [-0.2, 0) is 38.5 Å². The molecule has 0 fully saturated rings. The molecular formula is C28H34FO7PS. The molecule has 2 aromatic rings. The lowest BCUT2D eigenvalue weighted by atomic mass is 10.0. The van der Waals surface area contributed by atoms with Crippen LogP contribution in [0, 0.1) is 5.82 Å². The minimum atomic E-state index is -3.55. The fourth-order valence-electron chi connectivity index (χ4n) is 4.09. The number of carbonyl (C=O) groups excluding carboxylic acids is 1. The van der Waals surface area contributed by atoms with Gasteiger partial charge in [-0.3, -0.25) is 22.6 Å². The fraction of sp³-hybridized carbons (Fsp3) is 0.393. The van der Waals surface area contributed by atoms with E-state index < -0.39 is 24.6 Å². The van der Waals surface area contributed by atoms with Crippen LogP contribution in [0.4, 0.5) is 4.39 Å². The van der Waals surface area contributed by atoms with Gasteiger partial charge in [-0.25, -0.2) is 8.96 Å². The molecule has 1 aliphatic carbocycles. The molecule has 0 unspecified atom stereocenters. The van der Waals surface area contributed by atoms with Crippen LogP contribution in [0.25, 0.3) is 17.2 Å². The van der Waals surface area contributed by atoms with Gasteiger partial charge in [-0.15, -0.1) is 0 Å². The van der Waals surface area contributed by atoms with E-state index in [1.165, 1.54) is 12.1 Å². The molecule has 38 heavy (non-hydrogen) atoms. The number of allylic oxidation sites excluding steroid dienone is 2. The number of halogens is 1. The molecule has 0 heterocycles. The summed E-state index contributed by atoms with van der Waals surface area (Å²) in [6.07, 6.45) is 4.63. The van der Waals surface area contributed by atoms with Crippen LogP contribution in [0.5, 0.6) is 0 Å². The lowest BCUT2D eigenvalue weighted by molar-refractivity contribution is -0.142. The summed E-state index contributed by atoms with van der Waals surface area (Å²) in [7, 11) is -4.62. The molecule has 10 heteroatoms. The Balaban J connectivity index is 1.63. The molecule has 0 amide bonds. The van der Waals surface area contributed by atoms with Crippen molar-refractivity contribution >= 4 is 41.8 Å². The van der Waals surface area contributed by atoms with Gasteiger partial charge in [0, 0.05) is 22.0 Å². The van der Waals surface area contributed by atoms with Gasteiger partial charge in [-0.1, -0.05) is 18.2 Å². The Morgan fingerprint density at radius 3 is 2.26 bits per heavy atom. The summed E-state index contributed by atoms with van der Waals surface area (Å²) in [5.41, 5.74) is 4.93. The average molecular weight is 565 g/mol. The first-order chi connectivity index (χ1) is 18.2. The minimum Gasteiger partial charge on any atom is -0.465 e. The molecule has 3 rings (SSSR count). The molecule has 0 aromatic heterocycles. The van der Waals surface area contributed by atoms with Crippen LogP contribution < -0.4 is 0 Å². The van der Waals surface area contributed by atoms with Crippen molar-refractivity contribution < 1.29 is 36.3 Å². The van der Waals surface area contributed by atoms with Crippen molar-refractivity contribution in [3.05, 3.63) is 70.5 Å². The second-order valence-corrected chi connectivity index (χ2v) is 11.6. The summed E-state index contributed by atoms with van der Waals surface area (Å²) >= 11 is 0. The van der Waals surface area contributed by atoms with Crippen molar-refractivity contribution in [3.8, 4) is 0 Å². The molecule has 0 saturated heterocycles. The zero-order valence-corrected chi connectivity index (χ0v) is 23.9. The molecular weight excluding hydrogens is 530 g/mol. The molecule has 0 N–H and O–H groups in total. The second-order valence-electron chi connectivity index (χ2n) is 8.59. The standard InChI is InChI=1S/C28H34FO7PS/c1-5-34-37(31,35-6-2)36-16-8-7-15-33-28(30)19-26-20(3)25(24-14-11-22(29)18-27(24)26)17-21-9-12-23(13-10-21)38(4)32/h9-14,17-18H,5-8,15-16,19H2,1-4H3/b25-17-/t38-/m1/s1.